The van der Waals surface area contributed by atoms with Crippen LogP contribution in [0.5, 0.6) is 0 Å². The van der Waals surface area contributed by atoms with Crippen LogP contribution in [-0.2, 0) is 0 Å². The number of rotatable bonds is 5. The molecule has 1 saturated carbocycles. The summed E-state index contributed by atoms with van der Waals surface area (Å²) in [4.78, 5) is 0. The Labute approximate surface area is 191 Å². The van der Waals surface area contributed by atoms with Gasteiger partial charge in [0.1, 0.15) is 0 Å². The van der Waals surface area contributed by atoms with Gasteiger partial charge in [-0.15, -0.1) is 0 Å². The van der Waals surface area contributed by atoms with E-state index in [1.165, 1.54) is 38.5 Å². The fourth-order valence-corrected chi connectivity index (χ4v) is 8.43. The van der Waals surface area contributed by atoms with E-state index in [4.69, 9.17) is 0 Å². The Hall–Kier alpha value is -1.08. The maximum Gasteiger partial charge on any atom is 0.0639 e. The second-order valence-electron chi connectivity index (χ2n) is 12.7. The molecule has 0 aromatic rings. The zero-order valence-corrected chi connectivity index (χ0v) is 21.2. The van der Waals surface area contributed by atoms with Gasteiger partial charge in [0.15, 0.2) is 0 Å². The van der Waals surface area contributed by atoms with Gasteiger partial charge in [0, 0.05) is 0 Å². The molecule has 0 bridgehead atoms. The average Bonchev–Trinajstić information content (AvgIpc) is 2.98. The van der Waals surface area contributed by atoms with Crippen molar-refractivity contribution in [3.8, 4) is 0 Å². The van der Waals surface area contributed by atoms with Crippen LogP contribution in [-0.4, -0.2) is 11.7 Å². The molecule has 4 rings (SSSR count). The smallest absolute Gasteiger partial charge is 0.0639 e. The Morgan fingerprint density at radius 1 is 1.13 bits per heavy atom. The topological polar surface area (TPSA) is 20.2 Å². The van der Waals surface area contributed by atoms with Crippen LogP contribution in [0.1, 0.15) is 93.4 Å². The van der Waals surface area contributed by atoms with Gasteiger partial charge in [-0.1, -0.05) is 77.5 Å². The van der Waals surface area contributed by atoms with Crippen molar-refractivity contribution >= 4 is 0 Å². The molecule has 0 aliphatic heterocycles. The molecule has 1 heteroatoms. The standard InChI is InChI=1S/C30H46O/c1-21(20-31)10-8-11-22(2)23-14-18-30(7)25-12-13-26-27(3,4)16-9-17-28(26,5)24(25)15-19-29(23,30)6/h9-10,12,15-16,22-23,26,31H,8,11,13-14,17-20H2,1-7H3/t22-,23-,26?,28-,29-,30+/m1/s1. The van der Waals surface area contributed by atoms with Gasteiger partial charge >= 0.3 is 0 Å². The lowest BCUT2D eigenvalue weighted by atomic mass is 9.45. The zero-order valence-electron chi connectivity index (χ0n) is 21.2. The monoisotopic (exact) mass is 422 g/mol. The number of aliphatic hydroxyl groups excluding tert-OH is 1. The lowest BCUT2D eigenvalue weighted by Crippen LogP contribution is -2.49. The SMILES string of the molecule is CC(=CCC[C@@H](C)[C@H]1CC[C@@]2(C)C3=CCC4C(C)(C)C=CC[C@]4(C)C3=CC[C@]12C)CO. The van der Waals surface area contributed by atoms with E-state index in [1.807, 2.05) is 6.92 Å². The third-order valence-corrected chi connectivity index (χ3v) is 10.6. The van der Waals surface area contributed by atoms with Crippen molar-refractivity contribution in [2.45, 2.75) is 93.4 Å². The van der Waals surface area contributed by atoms with Crippen molar-refractivity contribution in [2.24, 2.45) is 39.4 Å². The first-order valence-corrected chi connectivity index (χ1v) is 12.9. The van der Waals surface area contributed by atoms with Crippen molar-refractivity contribution in [1.29, 1.82) is 0 Å². The highest BCUT2D eigenvalue weighted by atomic mass is 16.3. The van der Waals surface area contributed by atoms with Gasteiger partial charge in [-0.3, -0.25) is 0 Å². The third kappa shape index (κ3) is 3.36. The van der Waals surface area contributed by atoms with E-state index >= 15 is 0 Å². The molecular formula is C30H46O. The Balaban J connectivity index is 1.63. The summed E-state index contributed by atoms with van der Waals surface area (Å²) in [5.41, 5.74) is 5.78. The highest BCUT2D eigenvalue weighted by molar-refractivity contribution is 5.50. The predicted molar refractivity (Wildman–Crippen MR) is 133 cm³/mol. The van der Waals surface area contributed by atoms with E-state index in [1.54, 1.807) is 11.1 Å². The molecule has 0 spiro atoms. The summed E-state index contributed by atoms with van der Waals surface area (Å²) in [6.07, 6.45) is 21.3. The van der Waals surface area contributed by atoms with Crippen molar-refractivity contribution in [1.82, 2.24) is 0 Å². The minimum atomic E-state index is 0.196. The average molecular weight is 423 g/mol. The Kier molecular flexibility index (Phi) is 5.78. The molecule has 0 aromatic carbocycles. The van der Waals surface area contributed by atoms with Crippen LogP contribution in [0, 0.1) is 39.4 Å². The summed E-state index contributed by atoms with van der Waals surface area (Å²) in [6.45, 7) is 17.4. The minimum Gasteiger partial charge on any atom is -0.392 e. The van der Waals surface area contributed by atoms with Crippen LogP contribution in [0.4, 0.5) is 0 Å². The van der Waals surface area contributed by atoms with E-state index in [2.05, 4.69) is 71.9 Å². The largest absolute Gasteiger partial charge is 0.392 e. The maximum atomic E-state index is 9.30. The van der Waals surface area contributed by atoms with Crippen LogP contribution in [0.3, 0.4) is 0 Å². The fraction of sp³-hybridized carbons (Fsp3) is 0.733. The first-order valence-electron chi connectivity index (χ1n) is 12.9. The quantitative estimate of drug-likeness (QED) is 0.444. The second kappa shape index (κ2) is 7.75. The van der Waals surface area contributed by atoms with Gasteiger partial charge in [0.25, 0.3) is 0 Å². The summed E-state index contributed by atoms with van der Waals surface area (Å²) in [7, 11) is 0. The van der Waals surface area contributed by atoms with Crippen LogP contribution in [0.25, 0.3) is 0 Å². The molecule has 0 saturated heterocycles. The summed E-state index contributed by atoms with van der Waals surface area (Å²) >= 11 is 0. The van der Waals surface area contributed by atoms with Crippen molar-refractivity contribution in [3.63, 3.8) is 0 Å². The van der Waals surface area contributed by atoms with E-state index in [0.29, 0.717) is 22.2 Å². The Morgan fingerprint density at radius 3 is 2.58 bits per heavy atom. The zero-order chi connectivity index (χ0) is 22.7. The van der Waals surface area contributed by atoms with Crippen LogP contribution in [0.15, 0.2) is 47.1 Å². The molecule has 31 heavy (non-hydrogen) atoms. The molecule has 1 N–H and O–H groups in total. The van der Waals surface area contributed by atoms with Crippen molar-refractivity contribution in [2.75, 3.05) is 6.61 Å². The highest BCUT2D eigenvalue weighted by Crippen LogP contribution is 2.71. The molecule has 0 heterocycles. The van der Waals surface area contributed by atoms with Gasteiger partial charge in [0.2, 0.25) is 0 Å². The molecule has 0 aromatic heterocycles. The maximum absolute atomic E-state index is 9.30. The van der Waals surface area contributed by atoms with Crippen LogP contribution in [0.2, 0.25) is 0 Å². The number of hydrogen-bond acceptors (Lipinski definition) is 1. The van der Waals surface area contributed by atoms with Crippen LogP contribution < -0.4 is 0 Å². The molecule has 1 nitrogen and oxygen atoms in total. The minimum absolute atomic E-state index is 0.196. The van der Waals surface area contributed by atoms with E-state index < -0.39 is 0 Å². The lowest BCUT2D eigenvalue weighted by molar-refractivity contribution is 0.0447. The van der Waals surface area contributed by atoms with Gasteiger partial charge in [-0.05, 0) is 102 Å². The first-order chi connectivity index (χ1) is 14.5. The van der Waals surface area contributed by atoms with Gasteiger partial charge in [-0.25, -0.2) is 0 Å². The Morgan fingerprint density at radius 2 is 1.87 bits per heavy atom. The lowest BCUT2D eigenvalue weighted by Gasteiger charge is -2.59. The number of hydrogen-bond donors (Lipinski definition) is 1. The van der Waals surface area contributed by atoms with Crippen LogP contribution >= 0.6 is 0 Å². The summed E-state index contributed by atoms with van der Waals surface area (Å²) in [6, 6.07) is 0. The summed E-state index contributed by atoms with van der Waals surface area (Å²) < 4.78 is 0. The van der Waals surface area contributed by atoms with Gasteiger partial charge in [0.05, 0.1) is 6.61 Å². The molecule has 4 aliphatic carbocycles. The highest BCUT2D eigenvalue weighted by Gasteiger charge is 2.61. The van der Waals surface area contributed by atoms with Gasteiger partial charge < -0.3 is 5.11 Å². The van der Waals surface area contributed by atoms with E-state index in [0.717, 1.165) is 23.8 Å². The fourth-order valence-electron chi connectivity index (χ4n) is 8.43. The third-order valence-electron chi connectivity index (χ3n) is 10.6. The molecule has 6 atom stereocenters. The molecular weight excluding hydrogens is 376 g/mol. The van der Waals surface area contributed by atoms with Crippen molar-refractivity contribution < 1.29 is 5.11 Å². The second-order valence-corrected chi connectivity index (χ2v) is 12.7. The summed E-state index contributed by atoms with van der Waals surface area (Å²) in [5, 5.41) is 9.30. The molecule has 1 unspecified atom stereocenters. The molecule has 0 amide bonds. The predicted octanol–water partition coefficient (Wildman–Crippen LogP) is 8.03. The molecule has 0 radical (unpaired) electrons. The first kappa shape index (κ1) is 23.1. The van der Waals surface area contributed by atoms with Crippen molar-refractivity contribution in [3.05, 3.63) is 47.1 Å². The van der Waals surface area contributed by atoms with Gasteiger partial charge in [-0.2, -0.15) is 0 Å². The number of aliphatic hydroxyl groups is 1. The van der Waals surface area contributed by atoms with E-state index in [-0.39, 0.29) is 12.0 Å². The number of fused-ring (bicyclic) bond motifs is 5. The Bertz CT molecular complexity index is 838. The normalized spacial score (nSPS) is 42.3. The summed E-state index contributed by atoms with van der Waals surface area (Å²) in [5.74, 6) is 2.23. The van der Waals surface area contributed by atoms with E-state index in [9.17, 15) is 5.11 Å². The molecule has 172 valence electrons. The molecule has 1 fully saturated rings. The number of allylic oxidation sites excluding steroid dienone is 7. The molecule has 4 aliphatic rings.